The molecule has 1 aromatic heterocycles. The number of fused-ring (bicyclic) bond motifs is 1. The number of para-hydroxylation sites is 2. The molecule has 0 atom stereocenters. The van der Waals surface area contributed by atoms with Gasteiger partial charge in [0.1, 0.15) is 12.4 Å². The van der Waals surface area contributed by atoms with Crippen molar-refractivity contribution in [2.45, 2.75) is 19.6 Å². The maximum Gasteiger partial charge on any atom is 0.121 e. The van der Waals surface area contributed by atoms with E-state index < -0.39 is 0 Å². The predicted molar refractivity (Wildman–Crippen MR) is 95.3 cm³/mol. The van der Waals surface area contributed by atoms with Crippen LogP contribution in [-0.2, 0) is 17.9 Å². The molecule has 0 unspecified atom stereocenters. The monoisotopic (exact) mass is 319 g/mol. The lowest BCUT2D eigenvalue weighted by molar-refractivity contribution is 0.160. The molecule has 0 fully saturated rings. The van der Waals surface area contributed by atoms with Crippen LogP contribution in [0.4, 0.5) is 0 Å². The number of aromatic nitrogens is 2. The molecule has 3 aromatic rings. The second-order valence-corrected chi connectivity index (χ2v) is 6.13. The zero-order valence-corrected chi connectivity index (χ0v) is 13.6. The van der Waals surface area contributed by atoms with Crippen LogP contribution in [-0.4, -0.2) is 28.0 Å². The molecule has 1 aliphatic heterocycles. The van der Waals surface area contributed by atoms with E-state index in [9.17, 15) is 0 Å². The van der Waals surface area contributed by atoms with Crippen LogP contribution >= 0.6 is 0 Å². The molecule has 122 valence electrons. The zero-order valence-electron chi connectivity index (χ0n) is 13.6. The fourth-order valence-electron chi connectivity index (χ4n) is 3.01. The Morgan fingerprint density at radius 2 is 1.88 bits per heavy atom. The molecular formula is C20H21N3O. The van der Waals surface area contributed by atoms with Gasteiger partial charge in [-0.15, -0.1) is 0 Å². The van der Waals surface area contributed by atoms with E-state index in [1.54, 1.807) is 0 Å². The molecule has 24 heavy (non-hydrogen) atoms. The third kappa shape index (κ3) is 3.49. The average Bonchev–Trinajstić information content (AvgIpc) is 3.04. The minimum absolute atomic E-state index is 0.649. The number of nitrogens with zero attached hydrogens (tertiary/aromatic N) is 2. The van der Waals surface area contributed by atoms with E-state index in [1.165, 1.54) is 5.56 Å². The molecule has 2 heterocycles. The quantitative estimate of drug-likeness (QED) is 0.776. The van der Waals surface area contributed by atoms with Crippen LogP contribution in [0, 0.1) is 0 Å². The highest BCUT2D eigenvalue weighted by molar-refractivity contribution is 5.74. The van der Waals surface area contributed by atoms with E-state index in [1.807, 2.05) is 36.4 Å². The van der Waals surface area contributed by atoms with Crippen molar-refractivity contribution in [3.8, 4) is 0 Å². The molecule has 0 bridgehead atoms. The highest BCUT2D eigenvalue weighted by atomic mass is 16.5. The van der Waals surface area contributed by atoms with Gasteiger partial charge in [0.2, 0.25) is 0 Å². The summed E-state index contributed by atoms with van der Waals surface area (Å²) in [5.41, 5.74) is 3.35. The van der Waals surface area contributed by atoms with Crippen LogP contribution in [0.5, 0.6) is 0 Å². The summed E-state index contributed by atoms with van der Waals surface area (Å²) in [5, 5.41) is 0. The van der Waals surface area contributed by atoms with Crippen molar-refractivity contribution in [3.05, 3.63) is 77.8 Å². The van der Waals surface area contributed by atoms with Gasteiger partial charge in [-0.05, 0) is 23.8 Å². The molecule has 4 heteroatoms. The Kier molecular flexibility index (Phi) is 4.30. The molecule has 1 aliphatic rings. The second-order valence-electron chi connectivity index (χ2n) is 6.13. The standard InChI is InChI=1S/C20H21N3O/c1-2-6-16(7-3-1)15-24-17-10-12-23(13-11-17)14-20-21-18-8-4-5-9-19(18)22-20/h1-10H,11-15H2,(H,21,22). The van der Waals surface area contributed by atoms with Crippen molar-refractivity contribution in [1.82, 2.24) is 14.9 Å². The summed E-state index contributed by atoms with van der Waals surface area (Å²) in [5.74, 6) is 2.12. The number of imidazole rings is 1. The van der Waals surface area contributed by atoms with Crippen LogP contribution < -0.4 is 0 Å². The molecule has 0 aliphatic carbocycles. The van der Waals surface area contributed by atoms with Gasteiger partial charge in [-0.3, -0.25) is 4.90 Å². The zero-order chi connectivity index (χ0) is 16.2. The number of benzene rings is 2. The Bertz CT molecular complexity index is 805. The number of H-pyrrole nitrogens is 1. The fourth-order valence-corrected chi connectivity index (χ4v) is 3.01. The third-order valence-electron chi connectivity index (χ3n) is 4.33. The first kappa shape index (κ1) is 15.0. The molecular weight excluding hydrogens is 298 g/mol. The molecule has 2 aromatic carbocycles. The van der Waals surface area contributed by atoms with Gasteiger partial charge in [0.05, 0.1) is 23.3 Å². The van der Waals surface area contributed by atoms with E-state index >= 15 is 0 Å². The Labute approximate surface area is 141 Å². The number of aromatic amines is 1. The predicted octanol–water partition coefficient (Wildman–Crippen LogP) is 3.87. The van der Waals surface area contributed by atoms with Crippen LogP contribution in [0.1, 0.15) is 17.8 Å². The molecule has 1 N–H and O–H groups in total. The summed E-state index contributed by atoms with van der Waals surface area (Å²) in [4.78, 5) is 10.4. The third-order valence-corrected chi connectivity index (χ3v) is 4.33. The van der Waals surface area contributed by atoms with Crippen molar-refractivity contribution < 1.29 is 4.74 Å². The molecule has 0 radical (unpaired) electrons. The van der Waals surface area contributed by atoms with E-state index in [2.05, 4.69) is 39.1 Å². The topological polar surface area (TPSA) is 41.1 Å². The van der Waals surface area contributed by atoms with Crippen LogP contribution in [0.2, 0.25) is 0 Å². The van der Waals surface area contributed by atoms with Gasteiger partial charge in [-0.1, -0.05) is 42.5 Å². The summed E-state index contributed by atoms with van der Waals surface area (Å²) in [6.45, 7) is 3.40. The maximum absolute atomic E-state index is 5.93. The lowest BCUT2D eigenvalue weighted by Crippen LogP contribution is -2.29. The summed E-state index contributed by atoms with van der Waals surface area (Å²) >= 11 is 0. The van der Waals surface area contributed by atoms with Gasteiger partial charge in [0, 0.05) is 19.5 Å². The first-order chi connectivity index (χ1) is 11.9. The van der Waals surface area contributed by atoms with Crippen molar-refractivity contribution in [2.75, 3.05) is 13.1 Å². The van der Waals surface area contributed by atoms with E-state index in [4.69, 9.17) is 4.74 Å². The number of rotatable bonds is 5. The van der Waals surface area contributed by atoms with Gasteiger partial charge in [0.15, 0.2) is 0 Å². The van der Waals surface area contributed by atoms with Crippen molar-refractivity contribution in [2.24, 2.45) is 0 Å². The average molecular weight is 319 g/mol. The van der Waals surface area contributed by atoms with Crippen molar-refractivity contribution in [3.63, 3.8) is 0 Å². The molecule has 0 spiro atoms. The van der Waals surface area contributed by atoms with Crippen LogP contribution in [0.25, 0.3) is 11.0 Å². The summed E-state index contributed by atoms with van der Waals surface area (Å²) < 4.78 is 5.93. The molecule has 0 amide bonds. The Morgan fingerprint density at radius 3 is 2.67 bits per heavy atom. The highest BCUT2D eigenvalue weighted by Crippen LogP contribution is 2.17. The number of nitrogens with one attached hydrogen (secondary N) is 1. The number of ether oxygens (including phenoxy) is 1. The smallest absolute Gasteiger partial charge is 0.121 e. The number of hydrogen-bond acceptors (Lipinski definition) is 3. The van der Waals surface area contributed by atoms with E-state index in [0.29, 0.717) is 6.61 Å². The van der Waals surface area contributed by atoms with Crippen molar-refractivity contribution >= 4 is 11.0 Å². The normalized spacial score (nSPS) is 15.4. The van der Waals surface area contributed by atoms with Gasteiger partial charge < -0.3 is 9.72 Å². The SMILES string of the molecule is C1=C(OCc2ccccc2)CCN(Cc2nc3ccccc3[nH]2)C1. The molecule has 0 saturated heterocycles. The highest BCUT2D eigenvalue weighted by Gasteiger charge is 2.14. The van der Waals surface area contributed by atoms with Gasteiger partial charge in [0.25, 0.3) is 0 Å². The lowest BCUT2D eigenvalue weighted by atomic mass is 10.2. The molecule has 4 nitrogen and oxygen atoms in total. The van der Waals surface area contributed by atoms with Gasteiger partial charge >= 0.3 is 0 Å². The Balaban J connectivity index is 1.32. The minimum atomic E-state index is 0.649. The first-order valence-electron chi connectivity index (χ1n) is 8.38. The minimum Gasteiger partial charge on any atom is -0.493 e. The van der Waals surface area contributed by atoms with Crippen LogP contribution in [0.15, 0.2) is 66.4 Å². The lowest BCUT2D eigenvalue weighted by Gasteiger charge is -2.25. The Hall–Kier alpha value is -2.59. The summed E-state index contributed by atoms with van der Waals surface area (Å²) in [6, 6.07) is 18.5. The molecule has 4 rings (SSSR count). The van der Waals surface area contributed by atoms with E-state index in [-0.39, 0.29) is 0 Å². The van der Waals surface area contributed by atoms with Gasteiger partial charge in [-0.2, -0.15) is 0 Å². The van der Waals surface area contributed by atoms with E-state index in [0.717, 1.165) is 48.7 Å². The fraction of sp³-hybridized carbons (Fsp3) is 0.250. The van der Waals surface area contributed by atoms with Crippen molar-refractivity contribution in [1.29, 1.82) is 0 Å². The second kappa shape index (κ2) is 6.89. The maximum atomic E-state index is 5.93. The summed E-state index contributed by atoms with van der Waals surface area (Å²) in [6.07, 6.45) is 3.14. The molecule has 0 saturated carbocycles. The van der Waals surface area contributed by atoms with Gasteiger partial charge in [-0.25, -0.2) is 4.98 Å². The first-order valence-corrected chi connectivity index (χ1v) is 8.38. The Morgan fingerprint density at radius 1 is 1.04 bits per heavy atom. The summed E-state index contributed by atoms with van der Waals surface area (Å²) in [7, 11) is 0. The number of hydrogen-bond donors (Lipinski definition) is 1. The van der Waals surface area contributed by atoms with Crippen LogP contribution in [0.3, 0.4) is 0 Å². The largest absolute Gasteiger partial charge is 0.493 e.